The number of hydrogen-bond acceptors (Lipinski definition) is 5. The van der Waals surface area contributed by atoms with Gasteiger partial charge in [-0.3, -0.25) is 14.4 Å². The molecule has 1 amide bonds. The number of rotatable bonds is 4. The molecule has 0 unspecified atom stereocenters. The van der Waals surface area contributed by atoms with Gasteiger partial charge in [0.15, 0.2) is 0 Å². The first-order valence-electron chi connectivity index (χ1n) is 8.10. The van der Waals surface area contributed by atoms with Gasteiger partial charge in [0.25, 0.3) is 11.7 Å². The fourth-order valence-corrected chi connectivity index (χ4v) is 3.02. The summed E-state index contributed by atoms with van der Waals surface area (Å²) < 4.78 is 19.0. The molecule has 1 fully saturated rings. The molecule has 1 saturated heterocycles. The fourth-order valence-electron chi connectivity index (χ4n) is 3.02. The van der Waals surface area contributed by atoms with Crippen LogP contribution in [0.4, 0.5) is 4.39 Å². The number of amides is 1. The molecule has 0 spiro atoms. The van der Waals surface area contributed by atoms with Crippen LogP contribution in [-0.4, -0.2) is 41.3 Å². The zero-order valence-electron chi connectivity index (χ0n) is 14.4. The number of aliphatic hydroxyl groups is 1. The van der Waals surface area contributed by atoms with E-state index in [1.165, 1.54) is 18.2 Å². The van der Waals surface area contributed by atoms with Crippen LogP contribution in [0.5, 0.6) is 0 Å². The minimum atomic E-state index is -1.24. The van der Waals surface area contributed by atoms with Crippen LogP contribution >= 0.6 is 0 Å². The smallest absolute Gasteiger partial charge is 0.325 e. The van der Waals surface area contributed by atoms with Crippen LogP contribution in [0.15, 0.2) is 60.2 Å². The monoisotopic (exact) mass is 369 g/mol. The summed E-state index contributed by atoms with van der Waals surface area (Å²) in [6, 6.07) is 12.5. The molecule has 138 valence electrons. The summed E-state index contributed by atoms with van der Waals surface area (Å²) in [6.07, 6.45) is 0. The predicted octanol–water partition coefficient (Wildman–Crippen LogP) is 2.42. The van der Waals surface area contributed by atoms with E-state index in [2.05, 4.69) is 4.74 Å². The number of halogens is 1. The number of methoxy groups -OCH3 is 1. The third kappa shape index (κ3) is 3.31. The van der Waals surface area contributed by atoms with Crippen molar-refractivity contribution in [1.29, 1.82) is 0 Å². The van der Waals surface area contributed by atoms with Crippen molar-refractivity contribution in [2.45, 2.75) is 6.04 Å². The molecule has 2 aromatic carbocycles. The van der Waals surface area contributed by atoms with Crippen molar-refractivity contribution in [3.8, 4) is 0 Å². The number of benzene rings is 2. The molecular weight excluding hydrogens is 353 g/mol. The van der Waals surface area contributed by atoms with Crippen LogP contribution in [0, 0.1) is 5.82 Å². The quantitative estimate of drug-likeness (QED) is 0.387. The Kier molecular flexibility index (Phi) is 5.03. The first kappa shape index (κ1) is 18.3. The number of esters is 1. The van der Waals surface area contributed by atoms with Gasteiger partial charge < -0.3 is 14.7 Å². The maximum Gasteiger partial charge on any atom is 0.325 e. The van der Waals surface area contributed by atoms with E-state index in [0.29, 0.717) is 5.56 Å². The summed E-state index contributed by atoms with van der Waals surface area (Å²) in [5.74, 6) is -3.87. The lowest BCUT2D eigenvalue weighted by Gasteiger charge is -2.24. The molecule has 1 aliphatic heterocycles. The number of nitrogens with zero attached hydrogens (tertiary/aromatic N) is 1. The van der Waals surface area contributed by atoms with Gasteiger partial charge in [-0.05, 0) is 6.07 Å². The maximum absolute atomic E-state index is 14.5. The highest BCUT2D eigenvalue weighted by Crippen LogP contribution is 2.40. The van der Waals surface area contributed by atoms with Crippen molar-refractivity contribution in [2.75, 3.05) is 13.7 Å². The van der Waals surface area contributed by atoms with E-state index < -0.39 is 41.8 Å². The van der Waals surface area contributed by atoms with Crippen LogP contribution < -0.4 is 0 Å². The second-order valence-electron chi connectivity index (χ2n) is 5.89. The number of Topliss-reactive ketones (excluding diaryl/α,β-unsaturated/α-hetero) is 1. The lowest BCUT2D eigenvalue weighted by atomic mass is 9.95. The minimum Gasteiger partial charge on any atom is -0.507 e. The van der Waals surface area contributed by atoms with Crippen molar-refractivity contribution in [3.05, 3.63) is 77.1 Å². The van der Waals surface area contributed by atoms with Crippen molar-refractivity contribution >= 4 is 23.4 Å². The summed E-state index contributed by atoms with van der Waals surface area (Å²) >= 11 is 0. The van der Waals surface area contributed by atoms with Gasteiger partial charge in [0, 0.05) is 11.1 Å². The largest absolute Gasteiger partial charge is 0.507 e. The highest BCUT2D eigenvalue weighted by Gasteiger charge is 2.47. The van der Waals surface area contributed by atoms with E-state index in [4.69, 9.17) is 0 Å². The van der Waals surface area contributed by atoms with Gasteiger partial charge in [0.2, 0.25) is 0 Å². The first-order valence-corrected chi connectivity index (χ1v) is 8.10. The Labute approximate surface area is 154 Å². The van der Waals surface area contributed by atoms with E-state index in [-0.39, 0.29) is 11.1 Å². The molecule has 6 nitrogen and oxygen atoms in total. The lowest BCUT2D eigenvalue weighted by Crippen LogP contribution is -2.35. The molecule has 2 aromatic rings. The van der Waals surface area contributed by atoms with Gasteiger partial charge in [-0.15, -0.1) is 0 Å². The number of hydrogen-bond donors (Lipinski definition) is 1. The molecule has 0 bridgehead atoms. The number of likely N-dealkylation sites (tertiary alicyclic amines) is 1. The summed E-state index contributed by atoms with van der Waals surface area (Å²) in [5.41, 5.74) is 0.0215. The van der Waals surface area contributed by atoms with Crippen molar-refractivity contribution < 1.29 is 28.6 Å². The lowest BCUT2D eigenvalue weighted by molar-refractivity contribution is -0.148. The fraction of sp³-hybridized carbons (Fsp3) is 0.150. The molecule has 0 aliphatic carbocycles. The Morgan fingerprint density at radius 2 is 1.74 bits per heavy atom. The molecule has 1 N–H and O–H groups in total. The minimum absolute atomic E-state index is 0.00177. The highest BCUT2D eigenvalue weighted by atomic mass is 19.1. The van der Waals surface area contributed by atoms with Gasteiger partial charge in [-0.1, -0.05) is 48.5 Å². The third-order valence-corrected chi connectivity index (χ3v) is 4.31. The Bertz CT molecular complexity index is 938. The predicted molar refractivity (Wildman–Crippen MR) is 93.9 cm³/mol. The third-order valence-electron chi connectivity index (χ3n) is 4.31. The van der Waals surface area contributed by atoms with Gasteiger partial charge in [-0.25, -0.2) is 4.39 Å². The summed E-state index contributed by atoms with van der Waals surface area (Å²) in [7, 11) is 1.14. The summed E-state index contributed by atoms with van der Waals surface area (Å²) in [6.45, 7) is -0.550. The molecule has 3 rings (SSSR count). The zero-order valence-corrected chi connectivity index (χ0v) is 14.4. The van der Waals surface area contributed by atoms with Crippen molar-refractivity contribution in [2.24, 2.45) is 0 Å². The van der Waals surface area contributed by atoms with Crippen LogP contribution in [0.25, 0.3) is 5.76 Å². The zero-order chi connectivity index (χ0) is 19.6. The molecule has 1 atom stereocenters. The van der Waals surface area contributed by atoms with E-state index in [1.54, 1.807) is 36.4 Å². The van der Waals surface area contributed by atoms with Gasteiger partial charge >= 0.3 is 5.97 Å². The molecule has 27 heavy (non-hydrogen) atoms. The average Bonchev–Trinajstić information content (AvgIpc) is 2.93. The van der Waals surface area contributed by atoms with E-state index >= 15 is 0 Å². The van der Waals surface area contributed by atoms with Crippen LogP contribution in [-0.2, 0) is 19.1 Å². The molecular formula is C20H16FNO5. The molecule has 0 aromatic heterocycles. The number of ether oxygens (including phenoxy) is 1. The average molecular weight is 369 g/mol. The summed E-state index contributed by atoms with van der Waals surface area (Å²) in [5, 5.41) is 10.7. The number of carbonyl (C=O) groups is 3. The van der Waals surface area contributed by atoms with E-state index in [1.807, 2.05) is 0 Å². The molecule has 0 radical (unpaired) electrons. The maximum atomic E-state index is 14.5. The Hall–Kier alpha value is -3.48. The SMILES string of the molecule is COC(=O)CN1C(=O)C(=O)C(=C(O)c2ccccc2)[C@H]1c1ccccc1F. The molecule has 1 aliphatic rings. The van der Waals surface area contributed by atoms with Crippen molar-refractivity contribution in [3.63, 3.8) is 0 Å². The van der Waals surface area contributed by atoms with Gasteiger partial charge in [0.1, 0.15) is 18.1 Å². The van der Waals surface area contributed by atoms with Crippen molar-refractivity contribution in [1.82, 2.24) is 4.90 Å². The standard InChI is InChI=1S/C20H16FNO5/c1-27-15(23)11-22-17(13-9-5-6-10-14(13)21)16(19(25)20(22)26)18(24)12-7-3-2-4-8-12/h2-10,17,24H,11H2,1H3/t17-/m1/s1. The second kappa shape index (κ2) is 7.41. The van der Waals surface area contributed by atoms with E-state index in [0.717, 1.165) is 12.0 Å². The topological polar surface area (TPSA) is 83.9 Å². The number of ketones is 1. The Morgan fingerprint density at radius 1 is 1.11 bits per heavy atom. The first-order chi connectivity index (χ1) is 13.0. The number of aliphatic hydroxyl groups excluding tert-OH is 1. The van der Waals surface area contributed by atoms with E-state index in [9.17, 15) is 23.9 Å². The summed E-state index contributed by atoms with van der Waals surface area (Å²) in [4.78, 5) is 37.7. The molecule has 7 heteroatoms. The molecule has 0 saturated carbocycles. The van der Waals surface area contributed by atoms with Gasteiger partial charge in [0.05, 0.1) is 18.7 Å². The van der Waals surface area contributed by atoms with Crippen LogP contribution in [0.2, 0.25) is 0 Å². The Balaban J connectivity index is 2.21. The Morgan fingerprint density at radius 3 is 2.37 bits per heavy atom. The normalized spacial score (nSPS) is 18.6. The second-order valence-corrected chi connectivity index (χ2v) is 5.89. The number of carbonyl (C=O) groups excluding carboxylic acids is 3. The van der Waals surface area contributed by atoms with Crippen LogP contribution in [0.1, 0.15) is 17.2 Å². The van der Waals surface area contributed by atoms with Crippen LogP contribution in [0.3, 0.4) is 0 Å². The van der Waals surface area contributed by atoms with Gasteiger partial charge in [-0.2, -0.15) is 0 Å². The molecule has 1 heterocycles. The highest BCUT2D eigenvalue weighted by molar-refractivity contribution is 6.46.